The molecule has 0 radical (unpaired) electrons. The second kappa shape index (κ2) is 8.46. The standard InChI is InChI=1S/C20H17N3O3S/c24-21-17-5-1-15(2-6-17)13-22(18-9-11-20(27)12-10-18)14-16-3-7-19(8-4-16)23(25)26/h1-12,27H,13-14H2. The molecule has 0 spiro atoms. The molecule has 0 saturated carbocycles. The first-order valence-electron chi connectivity index (χ1n) is 8.25. The van der Waals surface area contributed by atoms with Crippen LogP contribution in [-0.2, 0) is 13.1 Å². The summed E-state index contributed by atoms with van der Waals surface area (Å²) >= 11 is 4.33. The SMILES string of the molecule is O=Nc1ccc(CN(Cc2ccc([N+](=O)[O-])cc2)c2ccc(S)cc2)cc1. The molecule has 27 heavy (non-hydrogen) atoms. The molecule has 0 aliphatic heterocycles. The van der Waals surface area contributed by atoms with Crippen LogP contribution in [0.2, 0.25) is 0 Å². The van der Waals surface area contributed by atoms with Crippen molar-refractivity contribution in [1.82, 2.24) is 0 Å². The average Bonchev–Trinajstić information content (AvgIpc) is 2.69. The number of nitro benzene ring substituents is 1. The van der Waals surface area contributed by atoms with Crippen LogP contribution in [-0.4, -0.2) is 4.92 Å². The lowest BCUT2D eigenvalue weighted by Gasteiger charge is -2.25. The predicted octanol–water partition coefficient (Wildman–Crippen LogP) is 5.49. The van der Waals surface area contributed by atoms with Gasteiger partial charge >= 0.3 is 0 Å². The number of rotatable bonds is 7. The van der Waals surface area contributed by atoms with E-state index in [4.69, 9.17) is 0 Å². The van der Waals surface area contributed by atoms with Gasteiger partial charge in [-0.15, -0.1) is 17.5 Å². The van der Waals surface area contributed by atoms with Crippen LogP contribution in [0.5, 0.6) is 0 Å². The van der Waals surface area contributed by atoms with Crippen molar-refractivity contribution in [2.75, 3.05) is 4.90 Å². The van der Waals surface area contributed by atoms with Gasteiger partial charge in [-0.1, -0.05) is 24.3 Å². The molecule has 0 aliphatic rings. The molecule has 6 nitrogen and oxygen atoms in total. The Balaban J connectivity index is 1.85. The molecule has 7 heteroatoms. The highest BCUT2D eigenvalue weighted by Gasteiger charge is 2.11. The fraction of sp³-hybridized carbons (Fsp3) is 0.100. The molecule has 0 aliphatic carbocycles. The van der Waals surface area contributed by atoms with Crippen LogP contribution in [0.4, 0.5) is 17.1 Å². The van der Waals surface area contributed by atoms with Crippen LogP contribution in [0.1, 0.15) is 11.1 Å². The quantitative estimate of drug-likeness (QED) is 0.255. The molecule has 0 unspecified atom stereocenters. The Kier molecular flexibility index (Phi) is 5.83. The lowest BCUT2D eigenvalue weighted by Crippen LogP contribution is -2.22. The Hall–Kier alpha value is -3.19. The van der Waals surface area contributed by atoms with E-state index in [1.165, 1.54) is 12.1 Å². The fourth-order valence-electron chi connectivity index (χ4n) is 2.73. The second-order valence-corrected chi connectivity index (χ2v) is 6.57. The van der Waals surface area contributed by atoms with Crippen molar-refractivity contribution in [3.63, 3.8) is 0 Å². The predicted molar refractivity (Wildman–Crippen MR) is 109 cm³/mol. The molecule has 0 N–H and O–H groups in total. The molecule has 0 aromatic heterocycles. The maximum absolute atomic E-state index is 10.8. The van der Waals surface area contributed by atoms with E-state index >= 15 is 0 Å². The highest BCUT2D eigenvalue weighted by molar-refractivity contribution is 7.80. The first-order valence-corrected chi connectivity index (χ1v) is 8.69. The molecule has 0 fully saturated rings. The minimum Gasteiger partial charge on any atom is -0.363 e. The molecular formula is C20H17N3O3S. The third-order valence-corrected chi connectivity index (χ3v) is 4.45. The van der Waals surface area contributed by atoms with Crippen molar-refractivity contribution in [1.29, 1.82) is 0 Å². The number of nitro groups is 1. The van der Waals surface area contributed by atoms with E-state index in [1.54, 1.807) is 24.3 Å². The summed E-state index contributed by atoms with van der Waals surface area (Å²) < 4.78 is 0. The zero-order chi connectivity index (χ0) is 19.2. The highest BCUT2D eigenvalue weighted by atomic mass is 32.1. The molecule has 136 valence electrons. The lowest BCUT2D eigenvalue weighted by atomic mass is 10.1. The summed E-state index contributed by atoms with van der Waals surface area (Å²) in [7, 11) is 0. The van der Waals surface area contributed by atoms with Crippen LogP contribution in [0.3, 0.4) is 0 Å². The molecule has 3 aromatic rings. The van der Waals surface area contributed by atoms with E-state index in [0.717, 1.165) is 21.7 Å². The van der Waals surface area contributed by atoms with Crippen molar-refractivity contribution in [3.8, 4) is 0 Å². The van der Waals surface area contributed by atoms with Crippen LogP contribution in [0, 0.1) is 15.0 Å². The minimum atomic E-state index is -0.407. The van der Waals surface area contributed by atoms with Gasteiger partial charge in [0.2, 0.25) is 0 Å². The lowest BCUT2D eigenvalue weighted by molar-refractivity contribution is -0.384. The first-order chi connectivity index (χ1) is 13.0. The molecule has 0 bridgehead atoms. The summed E-state index contributed by atoms with van der Waals surface area (Å²) in [6.45, 7) is 1.19. The summed E-state index contributed by atoms with van der Waals surface area (Å²) in [6.07, 6.45) is 0. The molecular weight excluding hydrogens is 362 g/mol. The van der Waals surface area contributed by atoms with Crippen LogP contribution < -0.4 is 4.90 Å². The van der Waals surface area contributed by atoms with Crippen molar-refractivity contribution >= 4 is 29.7 Å². The van der Waals surface area contributed by atoms with Crippen molar-refractivity contribution in [2.24, 2.45) is 5.18 Å². The van der Waals surface area contributed by atoms with Gasteiger partial charge in [0.05, 0.1) is 4.92 Å². The number of benzene rings is 3. The van der Waals surface area contributed by atoms with E-state index in [2.05, 4.69) is 22.7 Å². The molecule has 0 heterocycles. The number of hydrogen-bond donors (Lipinski definition) is 1. The Labute approximate surface area is 162 Å². The van der Waals surface area contributed by atoms with Crippen LogP contribution in [0.15, 0.2) is 82.9 Å². The van der Waals surface area contributed by atoms with E-state index in [-0.39, 0.29) is 5.69 Å². The molecule has 0 saturated heterocycles. The number of anilines is 1. The number of hydrogen-bond acceptors (Lipinski definition) is 6. The maximum atomic E-state index is 10.8. The number of nitroso groups, excluding NO2 is 1. The summed E-state index contributed by atoms with van der Waals surface area (Å²) in [4.78, 5) is 24.0. The monoisotopic (exact) mass is 379 g/mol. The normalized spacial score (nSPS) is 10.4. The third-order valence-electron chi connectivity index (χ3n) is 4.15. The smallest absolute Gasteiger partial charge is 0.269 e. The van der Waals surface area contributed by atoms with Gasteiger partial charge in [0.15, 0.2) is 0 Å². The van der Waals surface area contributed by atoms with Gasteiger partial charge in [-0.25, -0.2) is 0 Å². The van der Waals surface area contributed by atoms with Gasteiger partial charge in [0.1, 0.15) is 5.69 Å². The van der Waals surface area contributed by atoms with Crippen LogP contribution in [0.25, 0.3) is 0 Å². The van der Waals surface area contributed by atoms with E-state index in [9.17, 15) is 15.0 Å². The third kappa shape index (κ3) is 4.92. The second-order valence-electron chi connectivity index (χ2n) is 6.05. The zero-order valence-electron chi connectivity index (χ0n) is 14.4. The van der Waals surface area contributed by atoms with Crippen molar-refractivity contribution in [3.05, 3.63) is 98.9 Å². The van der Waals surface area contributed by atoms with Gasteiger partial charge in [-0.05, 0) is 52.7 Å². The number of non-ortho nitro benzene ring substituents is 1. The Bertz CT molecular complexity index is 926. The summed E-state index contributed by atoms with van der Waals surface area (Å²) in [6, 6.07) is 21.4. The highest BCUT2D eigenvalue weighted by Crippen LogP contribution is 2.24. The Morgan fingerprint density at radius 2 is 1.37 bits per heavy atom. The molecule has 0 atom stereocenters. The van der Waals surface area contributed by atoms with Crippen molar-refractivity contribution in [2.45, 2.75) is 18.0 Å². The average molecular weight is 379 g/mol. The minimum absolute atomic E-state index is 0.0710. The topological polar surface area (TPSA) is 75.8 Å². The van der Waals surface area contributed by atoms with Gasteiger partial charge in [0.25, 0.3) is 5.69 Å². The fourth-order valence-corrected chi connectivity index (χ4v) is 2.88. The largest absolute Gasteiger partial charge is 0.363 e. The summed E-state index contributed by atoms with van der Waals surface area (Å²) in [5.74, 6) is 0. The van der Waals surface area contributed by atoms with Crippen molar-refractivity contribution < 1.29 is 4.92 Å². The first kappa shape index (κ1) is 18.6. The Morgan fingerprint density at radius 1 is 0.852 bits per heavy atom. The van der Waals surface area contributed by atoms with E-state index < -0.39 is 4.92 Å². The van der Waals surface area contributed by atoms with Gasteiger partial charge in [0, 0.05) is 35.8 Å². The zero-order valence-corrected chi connectivity index (χ0v) is 15.3. The van der Waals surface area contributed by atoms with Gasteiger partial charge < -0.3 is 4.90 Å². The molecule has 3 rings (SSSR count). The van der Waals surface area contributed by atoms with Crippen LogP contribution >= 0.6 is 12.6 Å². The number of nitrogens with zero attached hydrogens (tertiary/aromatic N) is 3. The molecule has 0 amide bonds. The van der Waals surface area contributed by atoms with E-state index in [0.29, 0.717) is 18.8 Å². The van der Waals surface area contributed by atoms with Gasteiger partial charge in [-0.2, -0.15) is 0 Å². The summed E-state index contributed by atoms with van der Waals surface area (Å²) in [5.41, 5.74) is 3.45. The summed E-state index contributed by atoms with van der Waals surface area (Å²) in [5, 5.41) is 13.8. The van der Waals surface area contributed by atoms with Gasteiger partial charge in [-0.3, -0.25) is 10.1 Å². The molecule has 3 aromatic carbocycles. The van der Waals surface area contributed by atoms with E-state index in [1.807, 2.05) is 36.4 Å². The number of thiol groups is 1. The Morgan fingerprint density at radius 3 is 1.85 bits per heavy atom. The maximum Gasteiger partial charge on any atom is 0.269 e.